The summed E-state index contributed by atoms with van der Waals surface area (Å²) in [5.74, 6) is 1.95. The first-order valence-electron chi connectivity index (χ1n) is 8.77. The minimum absolute atomic E-state index is 0.0118. The van der Waals surface area contributed by atoms with Crippen molar-refractivity contribution in [3.8, 4) is 0 Å². The SMILES string of the molecule is C=C1C[C@@H]2[C@H](CC[C@]3(C)C(=O)CC[C@@H]23)[C@@]2(C)C=CC(=O)C(=S)C12. The molecule has 0 heterocycles. The van der Waals surface area contributed by atoms with E-state index in [2.05, 4.69) is 26.5 Å². The van der Waals surface area contributed by atoms with E-state index in [-0.39, 0.29) is 22.5 Å². The molecule has 122 valence electrons. The Morgan fingerprint density at radius 1 is 1.22 bits per heavy atom. The van der Waals surface area contributed by atoms with Gasteiger partial charge in [0.25, 0.3) is 0 Å². The number of hydrogen-bond acceptors (Lipinski definition) is 3. The van der Waals surface area contributed by atoms with Gasteiger partial charge in [0.1, 0.15) is 5.78 Å². The molecule has 1 unspecified atom stereocenters. The maximum atomic E-state index is 12.4. The van der Waals surface area contributed by atoms with Gasteiger partial charge in [-0.2, -0.15) is 0 Å². The number of carbonyl (C=O) groups excluding carboxylic acids is 2. The molecule has 2 nitrogen and oxygen atoms in total. The van der Waals surface area contributed by atoms with Crippen molar-refractivity contribution < 1.29 is 9.59 Å². The number of fused-ring (bicyclic) bond motifs is 5. The average molecular weight is 328 g/mol. The van der Waals surface area contributed by atoms with Gasteiger partial charge in [-0.1, -0.05) is 44.3 Å². The summed E-state index contributed by atoms with van der Waals surface area (Å²) in [6.07, 6.45) is 8.53. The third kappa shape index (κ3) is 1.83. The molecule has 3 heteroatoms. The van der Waals surface area contributed by atoms with E-state index < -0.39 is 0 Å². The Balaban J connectivity index is 1.78. The molecule has 0 amide bonds. The molecule has 4 aliphatic carbocycles. The van der Waals surface area contributed by atoms with Crippen LogP contribution in [0.1, 0.15) is 46.0 Å². The molecule has 0 N–H and O–H groups in total. The topological polar surface area (TPSA) is 34.1 Å². The van der Waals surface area contributed by atoms with E-state index in [1.54, 1.807) is 6.08 Å². The average Bonchev–Trinajstić information content (AvgIpc) is 2.79. The Morgan fingerprint density at radius 3 is 2.70 bits per heavy atom. The molecular formula is C20H24O2S. The number of rotatable bonds is 0. The van der Waals surface area contributed by atoms with Gasteiger partial charge in [0.15, 0.2) is 5.78 Å². The Bertz CT molecular complexity index is 675. The molecule has 0 aromatic heterocycles. The van der Waals surface area contributed by atoms with Gasteiger partial charge < -0.3 is 0 Å². The van der Waals surface area contributed by atoms with Crippen molar-refractivity contribution in [1.82, 2.24) is 0 Å². The van der Waals surface area contributed by atoms with Crippen LogP contribution in [-0.2, 0) is 9.59 Å². The Hall–Kier alpha value is -1.09. The van der Waals surface area contributed by atoms with E-state index >= 15 is 0 Å². The largest absolute Gasteiger partial charge is 0.299 e. The van der Waals surface area contributed by atoms with Crippen LogP contribution in [0.3, 0.4) is 0 Å². The molecule has 3 fully saturated rings. The second kappa shape index (κ2) is 4.72. The fraction of sp³-hybridized carbons (Fsp3) is 0.650. The highest BCUT2D eigenvalue weighted by Crippen LogP contribution is 2.64. The van der Waals surface area contributed by atoms with Crippen LogP contribution in [0, 0.1) is 34.5 Å². The van der Waals surface area contributed by atoms with Gasteiger partial charge in [0.2, 0.25) is 0 Å². The maximum Gasteiger partial charge on any atom is 0.192 e. The van der Waals surface area contributed by atoms with Crippen molar-refractivity contribution in [1.29, 1.82) is 0 Å². The standard InChI is InChI=1S/C20H24O2S/c1-11-10-12-13-4-5-16(22)19(13,2)8-6-14(12)20(3)9-7-15(21)18(23)17(11)20/h7,9,12-14,17H,1,4-6,8,10H2,2-3H3/t12-,13-,14-,17?,19-,20+/m0/s1. The van der Waals surface area contributed by atoms with Gasteiger partial charge in [0, 0.05) is 23.2 Å². The maximum absolute atomic E-state index is 12.4. The molecule has 0 aliphatic heterocycles. The first-order valence-corrected chi connectivity index (χ1v) is 9.18. The van der Waals surface area contributed by atoms with E-state index in [1.165, 1.54) is 0 Å². The molecule has 0 aromatic rings. The zero-order chi connectivity index (χ0) is 16.6. The van der Waals surface area contributed by atoms with Crippen LogP contribution >= 0.6 is 12.2 Å². The zero-order valence-corrected chi connectivity index (χ0v) is 14.7. The lowest BCUT2D eigenvalue weighted by Gasteiger charge is -2.58. The van der Waals surface area contributed by atoms with E-state index in [4.69, 9.17) is 12.2 Å². The second-order valence-electron chi connectivity index (χ2n) is 8.52. The normalized spacial score (nSPS) is 49.0. The third-order valence-electron chi connectivity index (χ3n) is 7.57. The minimum atomic E-state index is -0.126. The summed E-state index contributed by atoms with van der Waals surface area (Å²) in [5.41, 5.74) is 0.886. The molecule has 0 spiro atoms. The van der Waals surface area contributed by atoms with Crippen LogP contribution in [0.2, 0.25) is 0 Å². The minimum Gasteiger partial charge on any atom is -0.299 e. The van der Waals surface area contributed by atoms with Gasteiger partial charge in [-0.05, 0) is 49.5 Å². The summed E-state index contributed by atoms with van der Waals surface area (Å²) in [6, 6.07) is 0. The van der Waals surface area contributed by atoms with Crippen molar-refractivity contribution >= 4 is 28.6 Å². The van der Waals surface area contributed by atoms with Crippen molar-refractivity contribution in [3.63, 3.8) is 0 Å². The number of Topliss-reactive ketones (excluding diaryl/α,β-unsaturated/α-hetero) is 1. The lowest BCUT2D eigenvalue weighted by molar-refractivity contribution is -0.132. The molecule has 0 radical (unpaired) electrons. The van der Waals surface area contributed by atoms with E-state index in [0.717, 1.165) is 37.7 Å². The van der Waals surface area contributed by atoms with Gasteiger partial charge >= 0.3 is 0 Å². The number of hydrogen-bond donors (Lipinski definition) is 0. The molecule has 0 saturated heterocycles. The second-order valence-corrected chi connectivity index (χ2v) is 8.96. The van der Waals surface area contributed by atoms with E-state index in [1.807, 2.05) is 0 Å². The lowest BCUT2D eigenvalue weighted by Crippen LogP contribution is -2.55. The van der Waals surface area contributed by atoms with Crippen molar-refractivity contribution in [3.05, 3.63) is 24.3 Å². The van der Waals surface area contributed by atoms with E-state index in [9.17, 15) is 9.59 Å². The Labute approximate surface area is 143 Å². The molecule has 23 heavy (non-hydrogen) atoms. The summed E-state index contributed by atoms with van der Waals surface area (Å²) in [6.45, 7) is 8.76. The highest BCUT2D eigenvalue weighted by atomic mass is 32.1. The van der Waals surface area contributed by atoms with Crippen LogP contribution in [0.15, 0.2) is 24.3 Å². The van der Waals surface area contributed by atoms with Gasteiger partial charge in [-0.3, -0.25) is 9.59 Å². The third-order valence-corrected chi connectivity index (χ3v) is 8.01. The first-order chi connectivity index (χ1) is 10.8. The lowest BCUT2D eigenvalue weighted by atomic mass is 9.45. The molecule has 4 aliphatic rings. The molecule has 0 aromatic carbocycles. The molecule has 0 bridgehead atoms. The molecule has 3 saturated carbocycles. The van der Waals surface area contributed by atoms with Crippen LogP contribution in [0.25, 0.3) is 0 Å². The molecule has 6 atom stereocenters. The fourth-order valence-corrected chi connectivity index (χ4v) is 6.85. The summed E-state index contributed by atoms with van der Waals surface area (Å²) >= 11 is 5.49. The highest BCUT2D eigenvalue weighted by molar-refractivity contribution is 7.82. The summed E-state index contributed by atoms with van der Waals surface area (Å²) in [5, 5.41) is 0. The number of ketones is 2. The smallest absolute Gasteiger partial charge is 0.192 e. The summed E-state index contributed by atoms with van der Waals surface area (Å²) in [7, 11) is 0. The Morgan fingerprint density at radius 2 is 1.96 bits per heavy atom. The van der Waals surface area contributed by atoms with Gasteiger partial charge in [-0.25, -0.2) is 0 Å². The van der Waals surface area contributed by atoms with Crippen molar-refractivity contribution in [2.75, 3.05) is 0 Å². The number of thiocarbonyl (C=S) groups is 1. The summed E-state index contributed by atoms with van der Waals surface area (Å²) < 4.78 is 0. The fourth-order valence-electron chi connectivity index (χ4n) is 6.36. The number of carbonyl (C=O) groups is 2. The summed E-state index contributed by atoms with van der Waals surface area (Å²) in [4.78, 5) is 25.1. The van der Waals surface area contributed by atoms with Crippen LogP contribution in [-0.4, -0.2) is 16.4 Å². The van der Waals surface area contributed by atoms with Crippen LogP contribution < -0.4 is 0 Å². The van der Waals surface area contributed by atoms with Crippen LogP contribution in [0.5, 0.6) is 0 Å². The first kappa shape index (κ1) is 15.4. The van der Waals surface area contributed by atoms with Crippen LogP contribution in [0.4, 0.5) is 0 Å². The molecular weight excluding hydrogens is 304 g/mol. The number of allylic oxidation sites excluding steroid dienone is 3. The van der Waals surface area contributed by atoms with Crippen molar-refractivity contribution in [2.45, 2.75) is 46.0 Å². The Kier molecular flexibility index (Phi) is 3.17. The highest BCUT2D eigenvalue weighted by Gasteiger charge is 2.61. The van der Waals surface area contributed by atoms with Gasteiger partial charge in [-0.15, -0.1) is 0 Å². The quantitative estimate of drug-likeness (QED) is 0.496. The zero-order valence-electron chi connectivity index (χ0n) is 13.9. The molecule has 4 rings (SSSR count). The van der Waals surface area contributed by atoms with Gasteiger partial charge in [0.05, 0.1) is 4.86 Å². The monoisotopic (exact) mass is 328 g/mol. The van der Waals surface area contributed by atoms with E-state index in [0.29, 0.717) is 28.4 Å². The predicted molar refractivity (Wildman–Crippen MR) is 94.2 cm³/mol. The predicted octanol–water partition coefficient (Wildman–Crippen LogP) is 4.09. The van der Waals surface area contributed by atoms with Crippen molar-refractivity contribution in [2.24, 2.45) is 34.5 Å².